The number of amides is 2. The lowest BCUT2D eigenvalue weighted by Gasteiger charge is -2.34. The van der Waals surface area contributed by atoms with Gasteiger partial charge in [-0.3, -0.25) is 9.59 Å². The Bertz CT molecular complexity index is 359. The first kappa shape index (κ1) is 16.3. The van der Waals surface area contributed by atoms with Crippen molar-refractivity contribution in [2.45, 2.75) is 51.5 Å². The smallest absolute Gasteiger partial charge is 0.239 e. The number of hydrogen-bond donors (Lipinski definition) is 1. The molecule has 2 rings (SSSR count). The molecule has 0 aromatic rings. The summed E-state index contributed by atoms with van der Waals surface area (Å²) in [4.78, 5) is 28.5. The van der Waals surface area contributed by atoms with Crippen LogP contribution >= 0.6 is 0 Å². The van der Waals surface area contributed by atoms with Gasteiger partial charge in [0, 0.05) is 32.6 Å². The zero-order valence-corrected chi connectivity index (χ0v) is 13.4. The van der Waals surface area contributed by atoms with E-state index in [0.717, 1.165) is 64.7 Å². The fourth-order valence-electron chi connectivity index (χ4n) is 3.28. The first-order valence-corrected chi connectivity index (χ1v) is 8.40. The van der Waals surface area contributed by atoms with Crippen molar-refractivity contribution in [1.29, 1.82) is 0 Å². The van der Waals surface area contributed by atoms with Gasteiger partial charge in [-0.1, -0.05) is 13.3 Å². The Hall–Kier alpha value is -1.10. The highest BCUT2D eigenvalue weighted by molar-refractivity contribution is 5.83. The Morgan fingerprint density at radius 1 is 1.24 bits per heavy atom. The van der Waals surface area contributed by atoms with E-state index >= 15 is 0 Å². The monoisotopic (exact) mass is 295 g/mol. The van der Waals surface area contributed by atoms with Crippen LogP contribution in [-0.4, -0.2) is 60.9 Å². The summed E-state index contributed by atoms with van der Waals surface area (Å²) in [6.07, 6.45) is 5.85. The number of unbranched alkanes of at least 4 members (excludes halogenated alkanes) is 1. The number of carbonyl (C=O) groups is 2. The van der Waals surface area contributed by atoms with Gasteiger partial charge < -0.3 is 15.1 Å². The standard InChI is InChI=1S/C16H29N3O2/c1-3-4-10-18(2)15(20)13-7-11-19(12-8-13)16(21)14-6-5-9-17-14/h13-14,17H,3-12H2,1-2H3. The Morgan fingerprint density at radius 2 is 1.95 bits per heavy atom. The summed E-state index contributed by atoms with van der Waals surface area (Å²) in [7, 11) is 1.90. The number of piperidine rings is 1. The van der Waals surface area contributed by atoms with Crippen LogP contribution in [0.5, 0.6) is 0 Å². The maximum absolute atomic E-state index is 12.3. The zero-order valence-electron chi connectivity index (χ0n) is 13.4. The number of nitrogens with zero attached hydrogens (tertiary/aromatic N) is 2. The van der Waals surface area contributed by atoms with E-state index in [1.165, 1.54) is 0 Å². The average Bonchev–Trinajstić information content (AvgIpc) is 3.05. The summed E-state index contributed by atoms with van der Waals surface area (Å²) in [5.41, 5.74) is 0. The van der Waals surface area contributed by atoms with Gasteiger partial charge >= 0.3 is 0 Å². The van der Waals surface area contributed by atoms with Crippen molar-refractivity contribution < 1.29 is 9.59 Å². The predicted molar refractivity (Wildman–Crippen MR) is 82.9 cm³/mol. The largest absolute Gasteiger partial charge is 0.346 e. The molecule has 2 amide bonds. The van der Waals surface area contributed by atoms with Crippen molar-refractivity contribution in [3.8, 4) is 0 Å². The molecule has 1 atom stereocenters. The van der Waals surface area contributed by atoms with E-state index in [4.69, 9.17) is 0 Å². The molecule has 2 aliphatic rings. The molecule has 0 saturated carbocycles. The normalized spacial score (nSPS) is 23.3. The minimum absolute atomic E-state index is 0.0180. The molecule has 0 spiro atoms. The average molecular weight is 295 g/mol. The predicted octanol–water partition coefficient (Wildman–Crippen LogP) is 1.24. The lowest BCUT2D eigenvalue weighted by Crippen LogP contribution is -2.48. The third kappa shape index (κ3) is 4.19. The van der Waals surface area contributed by atoms with Crippen molar-refractivity contribution in [3.63, 3.8) is 0 Å². The van der Waals surface area contributed by atoms with Gasteiger partial charge in [-0.15, -0.1) is 0 Å². The Labute approximate surface area is 128 Å². The maximum Gasteiger partial charge on any atom is 0.239 e. The molecule has 0 radical (unpaired) electrons. The molecular formula is C16H29N3O2. The van der Waals surface area contributed by atoms with Crippen molar-refractivity contribution in [1.82, 2.24) is 15.1 Å². The van der Waals surface area contributed by atoms with Crippen LogP contribution < -0.4 is 5.32 Å². The molecule has 0 bridgehead atoms. The van der Waals surface area contributed by atoms with Crippen molar-refractivity contribution >= 4 is 11.8 Å². The zero-order chi connectivity index (χ0) is 15.2. The molecule has 1 N–H and O–H groups in total. The second kappa shape index (κ2) is 7.78. The summed E-state index contributed by atoms with van der Waals surface area (Å²) in [6, 6.07) is 0.0180. The minimum atomic E-state index is 0.0180. The molecule has 21 heavy (non-hydrogen) atoms. The van der Waals surface area contributed by atoms with Gasteiger partial charge in [-0.2, -0.15) is 0 Å². The Morgan fingerprint density at radius 3 is 2.52 bits per heavy atom. The van der Waals surface area contributed by atoms with Crippen LogP contribution in [-0.2, 0) is 9.59 Å². The molecule has 0 aliphatic carbocycles. The second-order valence-corrected chi connectivity index (χ2v) is 6.36. The highest BCUT2D eigenvalue weighted by Gasteiger charge is 2.32. The van der Waals surface area contributed by atoms with Gasteiger partial charge in [-0.05, 0) is 38.6 Å². The summed E-state index contributed by atoms with van der Waals surface area (Å²) < 4.78 is 0. The number of rotatable bonds is 5. The van der Waals surface area contributed by atoms with Gasteiger partial charge in [0.1, 0.15) is 0 Å². The molecule has 120 valence electrons. The van der Waals surface area contributed by atoms with Crippen LogP contribution in [0.1, 0.15) is 45.4 Å². The van der Waals surface area contributed by atoms with Crippen molar-refractivity contribution in [2.24, 2.45) is 5.92 Å². The fourth-order valence-corrected chi connectivity index (χ4v) is 3.28. The Kier molecular flexibility index (Phi) is 6.03. The van der Waals surface area contributed by atoms with Gasteiger partial charge in [-0.25, -0.2) is 0 Å². The van der Waals surface area contributed by atoms with Crippen LogP contribution in [0.4, 0.5) is 0 Å². The van der Waals surface area contributed by atoms with Crippen LogP contribution in [0.25, 0.3) is 0 Å². The summed E-state index contributed by atoms with van der Waals surface area (Å²) in [6.45, 7) is 5.40. The third-order valence-corrected chi connectivity index (χ3v) is 4.74. The Balaban J connectivity index is 1.77. The summed E-state index contributed by atoms with van der Waals surface area (Å²) in [5.74, 6) is 0.597. The first-order chi connectivity index (χ1) is 10.1. The van der Waals surface area contributed by atoms with Gasteiger partial charge in [0.15, 0.2) is 0 Å². The molecule has 2 heterocycles. The number of nitrogens with one attached hydrogen (secondary N) is 1. The van der Waals surface area contributed by atoms with E-state index < -0.39 is 0 Å². The van der Waals surface area contributed by atoms with E-state index in [1.807, 2.05) is 16.8 Å². The minimum Gasteiger partial charge on any atom is -0.346 e. The highest BCUT2D eigenvalue weighted by Crippen LogP contribution is 2.21. The molecule has 5 nitrogen and oxygen atoms in total. The summed E-state index contributed by atoms with van der Waals surface area (Å²) in [5, 5.41) is 3.26. The second-order valence-electron chi connectivity index (χ2n) is 6.36. The van der Waals surface area contributed by atoms with Crippen LogP contribution in [0.15, 0.2) is 0 Å². The molecular weight excluding hydrogens is 266 g/mol. The molecule has 2 fully saturated rings. The van der Waals surface area contributed by atoms with E-state index in [1.54, 1.807) is 0 Å². The number of likely N-dealkylation sites (tertiary alicyclic amines) is 1. The van der Waals surface area contributed by atoms with Crippen LogP contribution in [0, 0.1) is 5.92 Å². The third-order valence-electron chi connectivity index (χ3n) is 4.74. The molecule has 2 aliphatic heterocycles. The van der Waals surface area contributed by atoms with E-state index in [2.05, 4.69) is 12.2 Å². The van der Waals surface area contributed by atoms with Crippen LogP contribution in [0.3, 0.4) is 0 Å². The number of hydrogen-bond acceptors (Lipinski definition) is 3. The van der Waals surface area contributed by atoms with Crippen molar-refractivity contribution in [2.75, 3.05) is 33.2 Å². The van der Waals surface area contributed by atoms with Crippen LogP contribution in [0.2, 0.25) is 0 Å². The van der Waals surface area contributed by atoms with Crippen molar-refractivity contribution in [3.05, 3.63) is 0 Å². The molecule has 0 aromatic heterocycles. The number of carbonyl (C=O) groups excluding carboxylic acids is 2. The van der Waals surface area contributed by atoms with Gasteiger partial charge in [0.25, 0.3) is 0 Å². The van der Waals surface area contributed by atoms with E-state index in [9.17, 15) is 9.59 Å². The fraction of sp³-hybridized carbons (Fsp3) is 0.875. The summed E-state index contributed by atoms with van der Waals surface area (Å²) >= 11 is 0. The topological polar surface area (TPSA) is 52.7 Å². The SMILES string of the molecule is CCCCN(C)C(=O)C1CCN(C(=O)C2CCCN2)CC1. The first-order valence-electron chi connectivity index (χ1n) is 8.40. The molecule has 0 aromatic carbocycles. The van der Waals surface area contributed by atoms with E-state index in [0.29, 0.717) is 0 Å². The van der Waals surface area contributed by atoms with Gasteiger partial charge in [0.05, 0.1) is 6.04 Å². The van der Waals surface area contributed by atoms with E-state index in [-0.39, 0.29) is 23.8 Å². The lowest BCUT2D eigenvalue weighted by atomic mass is 9.94. The highest BCUT2D eigenvalue weighted by atomic mass is 16.2. The van der Waals surface area contributed by atoms with Gasteiger partial charge in [0.2, 0.25) is 11.8 Å². The molecule has 5 heteroatoms. The maximum atomic E-state index is 12.3. The molecule has 2 saturated heterocycles. The molecule has 1 unspecified atom stereocenters. The quantitative estimate of drug-likeness (QED) is 0.830. The lowest BCUT2D eigenvalue weighted by molar-refractivity contribution is -0.140.